The fourth-order valence-electron chi connectivity index (χ4n) is 1.81. The van der Waals surface area contributed by atoms with Crippen molar-refractivity contribution in [1.29, 1.82) is 0 Å². The maximum atomic E-state index is 8.68. The second-order valence-electron chi connectivity index (χ2n) is 4.69. The van der Waals surface area contributed by atoms with Crippen LogP contribution in [0.25, 0.3) is 0 Å². The van der Waals surface area contributed by atoms with Gasteiger partial charge in [-0.15, -0.1) is 0 Å². The Morgan fingerprint density at radius 1 is 1.26 bits per heavy atom. The summed E-state index contributed by atoms with van der Waals surface area (Å²) in [4.78, 5) is 0. The van der Waals surface area contributed by atoms with Crippen LogP contribution in [0.2, 0.25) is 0 Å². The van der Waals surface area contributed by atoms with E-state index in [-0.39, 0.29) is 11.9 Å². The Bertz CT molecular complexity index is 433. The number of benzene rings is 1. The van der Waals surface area contributed by atoms with Gasteiger partial charge in [0.25, 0.3) is 0 Å². The highest BCUT2D eigenvalue weighted by atomic mass is 16.5. The van der Waals surface area contributed by atoms with Crippen LogP contribution in [0, 0.1) is 13.8 Å². The summed E-state index contributed by atoms with van der Waals surface area (Å²) in [6.45, 7) is 8.89. The first-order valence-electron chi connectivity index (χ1n) is 6.29. The number of amidine groups is 1. The van der Waals surface area contributed by atoms with Crippen LogP contribution in [0.5, 0.6) is 5.75 Å². The molecule has 0 atom stereocenters. The molecule has 3 N–H and O–H groups in total. The molecule has 0 amide bonds. The predicted molar refractivity (Wildman–Crippen MR) is 75.0 cm³/mol. The number of oxime groups is 1. The van der Waals surface area contributed by atoms with E-state index in [9.17, 15) is 0 Å². The zero-order valence-electron chi connectivity index (χ0n) is 11.9. The molecule has 0 aliphatic rings. The summed E-state index contributed by atoms with van der Waals surface area (Å²) in [7, 11) is 0. The van der Waals surface area contributed by atoms with E-state index in [1.54, 1.807) is 0 Å². The van der Waals surface area contributed by atoms with E-state index in [0.29, 0.717) is 18.8 Å². The summed E-state index contributed by atoms with van der Waals surface area (Å²) in [5.41, 5.74) is 8.16. The van der Waals surface area contributed by atoms with Gasteiger partial charge in [-0.25, -0.2) is 0 Å². The van der Waals surface area contributed by atoms with E-state index in [1.807, 2.05) is 39.8 Å². The molecule has 1 rings (SSSR count). The minimum absolute atomic E-state index is 0.0980. The second kappa shape index (κ2) is 6.99. The SMILES string of the molecule is Cc1cc(C(N)=NO)cc(C)c1OCCOC(C)C. The molecule has 0 aliphatic heterocycles. The van der Waals surface area contributed by atoms with E-state index in [1.165, 1.54) is 0 Å². The highest BCUT2D eigenvalue weighted by Gasteiger charge is 2.09. The van der Waals surface area contributed by atoms with Crippen LogP contribution in [0.1, 0.15) is 30.5 Å². The molecule has 0 spiro atoms. The van der Waals surface area contributed by atoms with E-state index >= 15 is 0 Å². The summed E-state index contributed by atoms with van der Waals surface area (Å²) < 4.78 is 11.1. The van der Waals surface area contributed by atoms with Crippen LogP contribution in [-0.4, -0.2) is 30.4 Å². The summed E-state index contributed by atoms with van der Waals surface area (Å²) in [5, 5.41) is 11.7. The third-order valence-electron chi connectivity index (χ3n) is 2.64. The van der Waals surface area contributed by atoms with E-state index in [4.69, 9.17) is 20.4 Å². The van der Waals surface area contributed by atoms with Crippen molar-refractivity contribution in [3.63, 3.8) is 0 Å². The van der Waals surface area contributed by atoms with Gasteiger partial charge in [-0.05, 0) is 51.0 Å². The lowest BCUT2D eigenvalue weighted by atomic mass is 10.1. The summed E-state index contributed by atoms with van der Waals surface area (Å²) >= 11 is 0. The lowest BCUT2D eigenvalue weighted by Gasteiger charge is -2.14. The normalized spacial score (nSPS) is 11.9. The molecular formula is C14H22N2O3. The molecular weight excluding hydrogens is 244 g/mol. The molecule has 1 aromatic carbocycles. The topological polar surface area (TPSA) is 77.1 Å². The number of nitrogens with two attached hydrogens (primary N) is 1. The van der Waals surface area contributed by atoms with Gasteiger partial charge in [-0.1, -0.05) is 5.16 Å². The highest BCUT2D eigenvalue weighted by Crippen LogP contribution is 2.24. The predicted octanol–water partition coefficient (Wildman–Crippen LogP) is 2.20. The Balaban J connectivity index is 2.75. The fourth-order valence-corrected chi connectivity index (χ4v) is 1.81. The standard InChI is InChI=1S/C14H22N2O3/c1-9(2)18-5-6-19-13-10(3)7-12(8-11(13)4)14(15)16-17/h7-9,17H,5-6H2,1-4H3,(H2,15,16). The van der Waals surface area contributed by atoms with Gasteiger partial charge in [0.1, 0.15) is 12.4 Å². The number of hydrogen-bond donors (Lipinski definition) is 2. The second-order valence-corrected chi connectivity index (χ2v) is 4.69. The number of rotatable bonds is 6. The van der Waals surface area contributed by atoms with Gasteiger partial charge in [0.05, 0.1) is 12.7 Å². The van der Waals surface area contributed by atoms with Crippen LogP contribution in [0.15, 0.2) is 17.3 Å². The van der Waals surface area contributed by atoms with E-state index in [2.05, 4.69) is 5.16 Å². The molecule has 0 radical (unpaired) electrons. The molecule has 0 unspecified atom stereocenters. The summed E-state index contributed by atoms with van der Waals surface area (Å²) in [6.07, 6.45) is 0.203. The fraction of sp³-hybridized carbons (Fsp3) is 0.500. The lowest BCUT2D eigenvalue weighted by Crippen LogP contribution is -2.15. The van der Waals surface area contributed by atoms with Crippen LogP contribution in [0.4, 0.5) is 0 Å². The molecule has 5 heteroatoms. The van der Waals surface area contributed by atoms with Gasteiger partial charge in [0.2, 0.25) is 0 Å². The molecule has 0 saturated heterocycles. The zero-order valence-corrected chi connectivity index (χ0v) is 11.9. The van der Waals surface area contributed by atoms with E-state index < -0.39 is 0 Å². The average molecular weight is 266 g/mol. The number of hydrogen-bond acceptors (Lipinski definition) is 4. The van der Waals surface area contributed by atoms with Crippen LogP contribution < -0.4 is 10.5 Å². The van der Waals surface area contributed by atoms with Crippen molar-refractivity contribution in [2.24, 2.45) is 10.9 Å². The molecule has 0 aliphatic carbocycles. The number of nitrogens with zero attached hydrogens (tertiary/aromatic N) is 1. The monoisotopic (exact) mass is 266 g/mol. The van der Waals surface area contributed by atoms with Gasteiger partial charge < -0.3 is 20.4 Å². The number of aryl methyl sites for hydroxylation is 2. The van der Waals surface area contributed by atoms with Crippen molar-refractivity contribution in [2.45, 2.75) is 33.8 Å². The first-order chi connectivity index (χ1) is 8.95. The Hall–Kier alpha value is -1.75. The molecule has 0 bridgehead atoms. The quantitative estimate of drug-likeness (QED) is 0.272. The minimum Gasteiger partial charge on any atom is -0.491 e. The van der Waals surface area contributed by atoms with Crippen LogP contribution in [0.3, 0.4) is 0 Å². The first kappa shape index (κ1) is 15.3. The zero-order chi connectivity index (χ0) is 14.4. The first-order valence-corrected chi connectivity index (χ1v) is 6.29. The third kappa shape index (κ3) is 4.44. The third-order valence-corrected chi connectivity index (χ3v) is 2.64. The minimum atomic E-state index is 0.0980. The maximum Gasteiger partial charge on any atom is 0.170 e. The van der Waals surface area contributed by atoms with Crippen LogP contribution in [-0.2, 0) is 4.74 Å². The molecule has 5 nitrogen and oxygen atoms in total. The van der Waals surface area contributed by atoms with Crippen molar-refractivity contribution < 1.29 is 14.7 Å². The Morgan fingerprint density at radius 2 is 1.84 bits per heavy atom. The van der Waals surface area contributed by atoms with Crippen LogP contribution >= 0.6 is 0 Å². The highest BCUT2D eigenvalue weighted by molar-refractivity contribution is 5.97. The smallest absolute Gasteiger partial charge is 0.170 e. The molecule has 106 valence electrons. The molecule has 0 fully saturated rings. The molecule has 1 aromatic rings. The Morgan fingerprint density at radius 3 is 2.32 bits per heavy atom. The molecule has 19 heavy (non-hydrogen) atoms. The largest absolute Gasteiger partial charge is 0.491 e. The van der Waals surface area contributed by atoms with Crippen molar-refractivity contribution in [1.82, 2.24) is 0 Å². The lowest BCUT2D eigenvalue weighted by molar-refractivity contribution is 0.0550. The van der Waals surface area contributed by atoms with Gasteiger partial charge in [-0.3, -0.25) is 0 Å². The van der Waals surface area contributed by atoms with Crippen molar-refractivity contribution in [3.8, 4) is 5.75 Å². The summed E-state index contributed by atoms with van der Waals surface area (Å²) in [5.74, 6) is 0.919. The van der Waals surface area contributed by atoms with Gasteiger partial charge in [-0.2, -0.15) is 0 Å². The van der Waals surface area contributed by atoms with Gasteiger partial charge >= 0.3 is 0 Å². The van der Waals surface area contributed by atoms with Crippen molar-refractivity contribution in [3.05, 3.63) is 28.8 Å². The Labute approximate surface area is 114 Å². The van der Waals surface area contributed by atoms with Crippen molar-refractivity contribution >= 4 is 5.84 Å². The van der Waals surface area contributed by atoms with Crippen molar-refractivity contribution in [2.75, 3.05) is 13.2 Å². The Kier molecular flexibility index (Phi) is 5.63. The van der Waals surface area contributed by atoms with Gasteiger partial charge in [0, 0.05) is 5.56 Å². The van der Waals surface area contributed by atoms with Gasteiger partial charge in [0.15, 0.2) is 5.84 Å². The molecule has 0 aromatic heterocycles. The molecule has 0 saturated carbocycles. The maximum absolute atomic E-state index is 8.68. The summed E-state index contributed by atoms with van der Waals surface area (Å²) in [6, 6.07) is 3.67. The molecule has 0 heterocycles. The average Bonchev–Trinajstić information content (AvgIpc) is 2.35. The number of ether oxygens (including phenoxy) is 2. The van der Waals surface area contributed by atoms with E-state index in [0.717, 1.165) is 16.9 Å².